The van der Waals surface area contributed by atoms with Crippen molar-refractivity contribution in [1.82, 2.24) is 4.31 Å². The third-order valence-corrected chi connectivity index (χ3v) is 4.89. The third-order valence-electron chi connectivity index (χ3n) is 3.02. The van der Waals surface area contributed by atoms with Gasteiger partial charge in [-0.15, -0.1) is 0 Å². The van der Waals surface area contributed by atoms with Crippen molar-refractivity contribution in [3.05, 3.63) is 42.0 Å². The molecule has 1 aliphatic rings. The highest BCUT2D eigenvalue weighted by molar-refractivity contribution is 7.89. The summed E-state index contributed by atoms with van der Waals surface area (Å²) in [6.45, 7) is 1.60. The Morgan fingerprint density at radius 3 is 2.44 bits per heavy atom. The van der Waals surface area contributed by atoms with Crippen LogP contribution in [0.25, 0.3) is 0 Å². The summed E-state index contributed by atoms with van der Waals surface area (Å²) in [6.07, 6.45) is 5.46. The molecule has 18 heavy (non-hydrogen) atoms. The standard InChI is InChI=1S/C13H18N2O2S/c14-9-8-12-4-6-13(7-5-12)18(16,17)15-10-2-1-3-11-15/h1-2,4-7H,3,8-11,14H2. The average molecular weight is 266 g/mol. The summed E-state index contributed by atoms with van der Waals surface area (Å²) in [6, 6.07) is 7.00. The molecule has 0 aromatic heterocycles. The van der Waals surface area contributed by atoms with Gasteiger partial charge in [-0.1, -0.05) is 24.3 Å². The van der Waals surface area contributed by atoms with Gasteiger partial charge >= 0.3 is 0 Å². The Bertz CT molecular complexity index is 520. The summed E-state index contributed by atoms with van der Waals surface area (Å²) in [5.74, 6) is 0. The summed E-state index contributed by atoms with van der Waals surface area (Å²) >= 11 is 0. The van der Waals surface area contributed by atoms with E-state index >= 15 is 0 Å². The second kappa shape index (κ2) is 5.65. The van der Waals surface area contributed by atoms with Gasteiger partial charge < -0.3 is 5.73 Å². The first-order valence-corrected chi connectivity index (χ1v) is 7.53. The number of benzene rings is 1. The van der Waals surface area contributed by atoms with Crippen LogP contribution in [0.1, 0.15) is 12.0 Å². The van der Waals surface area contributed by atoms with E-state index in [0.29, 0.717) is 24.5 Å². The Labute approximate surface area is 108 Å². The zero-order valence-electron chi connectivity index (χ0n) is 10.2. The first kappa shape index (κ1) is 13.3. The predicted molar refractivity (Wildman–Crippen MR) is 71.7 cm³/mol. The summed E-state index contributed by atoms with van der Waals surface area (Å²) in [7, 11) is -3.34. The molecule has 0 atom stereocenters. The lowest BCUT2D eigenvalue weighted by atomic mass is 10.2. The van der Waals surface area contributed by atoms with Gasteiger partial charge in [0, 0.05) is 13.1 Å². The molecule has 0 aliphatic carbocycles. The number of sulfonamides is 1. The van der Waals surface area contributed by atoms with Crippen molar-refractivity contribution in [2.24, 2.45) is 5.73 Å². The third kappa shape index (κ3) is 2.80. The van der Waals surface area contributed by atoms with Gasteiger partial charge in [-0.2, -0.15) is 4.31 Å². The SMILES string of the molecule is NCCc1ccc(S(=O)(=O)N2CC=CCC2)cc1. The van der Waals surface area contributed by atoms with E-state index in [9.17, 15) is 8.42 Å². The van der Waals surface area contributed by atoms with E-state index in [0.717, 1.165) is 18.4 Å². The largest absolute Gasteiger partial charge is 0.330 e. The van der Waals surface area contributed by atoms with Crippen LogP contribution in [0.3, 0.4) is 0 Å². The first-order valence-electron chi connectivity index (χ1n) is 6.09. The van der Waals surface area contributed by atoms with Crippen molar-refractivity contribution in [2.45, 2.75) is 17.7 Å². The summed E-state index contributed by atoms with van der Waals surface area (Å²) in [5.41, 5.74) is 6.53. The molecule has 2 N–H and O–H groups in total. The number of hydrogen-bond donors (Lipinski definition) is 1. The Balaban J connectivity index is 2.21. The van der Waals surface area contributed by atoms with Gasteiger partial charge in [-0.05, 0) is 37.1 Å². The molecule has 0 radical (unpaired) electrons. The molecular weight excluding hydrogens is 248 g/mol. The van der Waals surface area contributed by atoms with Gasteiger partial charge in [0.2, 0.25) is 10.0 Å². The van der Waals surface area contributed by atoms with Gasteiger partial charge in [0.1, 0.15) is 0 Å². The number of nitrogens with zero attached hydrogens (tertiary/aromatic N) is 1. The fourth-order valence-corrected chi connectivity index (χ4v) is 3.39. The molecule has 98 valence electrons. The van der Waals surface area contributed by atoms with Crippen LogP contribution in [0.4, 0.5) is 0 Å². The predicted octanol–water partition coefficient (Wildman–Crippen LogP) is 1.14. The fourth-order valence-electron chi connectivity index (χ4n) is 1.98. The van der Waals surface area contributed by atoms with Crippen LogP contribution in [0, 0.1) is 0 Å². The minimum atomic E-state index is -3.34. The minimum Gasteiger partial charge on any atom is -0.330 e. The maximum Gasteiger partial charge on any atom is 0.243 e. The fraction of sp³-hybridized carbons (Fsp3) is 0.385. The highest BCUT2D eigenvalue weighted by atomic mass is 32.2. The van der Waals surface area contributed by atoms with Crippen LogP contribution < -0.4 is 5.73 Å². The lowest BCUT2D eigenvalue weighted by molar-refractivity contribution is 0.437. The molecule has 0 saturated carbocycles. The molecule has 0 bridgehead atoms. The highest BCUT2D eigenvalue weighted by Gasteiger charge is 2.23. The molecule has 4 nitrogen and oxygen atoms in total. The first-order chi connectivity index (χ1) is 8.64. The molecule has 0 unspecified atom stereocenters. The van der Waals surface area contributed by atoms with Gasteiger partial charge in [0.25, 0.3) is 0 Å². The summed E-state index contributed by atoms with van der Waals surface area (Å²) in [5, 5.41) is 0. The van der Waals surface area contributed by atoms with Crippen molar-refractivity contribution in [2.75, 3.05) is 19.6 Å². The molecule has 1 aromatic rings. The van der Waals surface area contributed by atoms with Crippen molar-refractivity contribution < 1.29 is 8.42 Å². The van der Waals surface area contributed by atoms with Crippen LogP contribution in [-0.2, 0) is 16.4 Å². The van der Waals surface area contributed by atoms with E-state index < -0.39 is 10.0 Å². The Kier molecular flexibility index (Phi) is 4.16. The van der Waals surface area contributed by atoms with Crippen molar-refractivity contribution in [3.8, 4) is 0 Å². The number of nitrogens with two attached hydrogens (primary N) is 1. The van der Waals surface area contributed by atoms with Gasteiger partial charge in [0.05, 0.1) is 4.90 Å². The van der Waals surface area contributed by atoms with Gasteiger partial charge in [0.15, 0.2) is 0 Å². The smallest absolute Gasteiger partial charge is 0.243 e. The maximum absolute atomic E-state index is 12.3. The van der Waals surface area contributed by atoms with Crippen molar-refractivity contribution in [3.63, 3.8) is 0 Å². The molecule has 2 rings (SSSR count). The number of hydrogen-bond acceptors (Lipinski definition) is 3. The molecule has 1 aliphatic heterocycles. The van der Waals surface area contributed by atoms with E-state index in [1.54, 1.807) is 12.1 Å². The summed E-state index contributed by atoms with van der Waals surface area (Å²) in [4.78, 5) is 0.360. The van der Waals surface area contributed by atoms with E-state index in [4.69, 9.17) is 5.73 Å². The molecular formula is C13H18N2O2S. The second-order valence-corrected chi connectivity index (χ2v) is 6.24. The lowest BCUT2D eigenvalue weighted by Gasteiger charge is -2.22. The molecule has 0 saturated heterocycles. The number of rotatable bonds is 4. The van der Waals surface area contributed by atoms with Crippen molar-refractivity contribution in [1.29, 1.82) is 0 Å². The van der Waals surface area contributed by atoms with Crippen LogP contribution in [0.15, 0.2) is 41.3 Å². The zero-order valence-corrected chi connectivity index (χ0v) is 11.1. The normalized spacial score (nSPS) is 16.9. The van der Waals surface area contributed by atoms with Crippen LogP contribution in [-0.4, -0.2) is 32.4 Å². The average Bonchev–Trinajstić information content (AvgIpc) is 2.41. The summed E-state index contributed by atoms with van der Waals surface area (Å²) < 4.78 is 26.2. The lowest BCUT2D eigenvalue weighted by Crippen LogP contribution is -2.33. The Morgan fingerprint density at radius 2 is 1.89 bits per heavy atom. The van der Waals surface area contributed by atoms with Crippen LogP contribution >= 0.6 is 0 Å². The molecule has 1 aromatic carbocycles. The molecule has 0 spiro atoms. The Morgan fingerprint density at radius 1 is 1.17 bits per heavy atom. The maximum atomic E-state index is 12.3. The van der Waals surface area contributed by atoms with Gasteiger partial charge in [-0.3, -0.25) is 0 Å². The Hall–Kier alpha value is -1.17. The molecule has 0 fully saturated rings. The van der Waals surface area contributed by atoms with Crippen molar-refractivity contribution >= 4 is 10.0 Å². The highest BCUT2D eigenvalue weighted by Crippen LogP contribution is 2.18. The molecule has 1 heterocycles. The second-order valence-electron chi connectivity index (χ2n) is 4.31. The monoisotopic (exact) mass is 266 g/mol. The molecule has 0 amide bonds. The van der Waals surface area contributed by atoms with Gasteiger partial charge in [-0.25, -0.2) is 8.42 Å². The van der Waals surface area contributed by atoms with E-state index in [1.165, 1.54) is 4.31 Å². The van der Waals surface area contributed by atoms with Crippen LogP contribution in [0.2, 0.25) is 0 Å². The quantitative estimate of drug-likeness (QED) is 0.831. The topological polar surface area (TPSA) is 63.4 Å². The minimum absolute atomic E-state index is 0.360. The van der Waals surface area contributed by atoms with E-state index in [2.05, 4.69) is 0 Å². The zero-order chi connectivity index (χ0) is 13.0. The molecule has 5 heteroatoms. The van der Waals surface area contributed by atoms with Crippen LogP contribution in [0.5, 0.6) is 0 Å². The van der Waals surface area contributed by atoms with E-state index in [-0.39, 0.29) is 0 Å². The van der Waals surface area contributed by atoms with E-state index in [1.807, 2.05) is 24.3 Å².